The molecule has 0 radical (unpaired) electrons. The van der Waals surface area contributed by atoms with Gasteiger partial charge in [0.1, 0.15) is 0 Å². The van der Waals surface area contributed by atoms with E-state index in [1.165, 1.54) is 6.92 Å². The molecule has 0 aliphatic heterocycles. The molecule has 0 spiro atoms. The lowest BCUT2D eigenvalue weighted by Gasteiger charge is -2.10. The highest BCUT2D eigenvalue weighted by atomic mass is 32.1. The van der Waals surface area contributed by atoms with Crippen LogP contribution in [0.4, 0.5) is 11.4 Å². The second-order valence-electron chi connectivity index (χ2n) is 5.24. The highest BCUT2D eigenvalue weighted by molar-refractivity contribution is 7.13. The minimum Gasteiger partial charge on any atom is -0.326 e. The van der Waals surface area contributed by atoms with Gasteiger partial charge in [0, 0.05) is 34.3 Å². The molecule has 3 aromatic rings. The Bertz CT molecular complexity index is 855. The molecule has 2 aromatic carbocycles. The summed E-state index contributed by atoms with van der Waals surface area (Å²) < 4.78 is 0. The van der Waals surface area contributed by atoms with Crippen LogP contribution in [0.1, 0.15) is 17.3 Å². The van der Waals surface area contributed by atoms with E-state index in [0.29, 0.717) is 11.3 Å². The Morgan fingerprint density at radius 1 is 0.875 bits per heavy atom. The van der Waals surface area contributed by atoms with Crippen LogP contribution in [-0.2, 0) is 4.79 Å². The minimum atomic E-state index is -0.187. The van der Waals surface area contributed by atoms with E-state index in [1.54, 1.807) is 35.6 Å². The maximum absolute atomic E-state index is 12.5. The normalized spacial score (nSPS) is 10.2. The van der Waals surface area contributed by atoms with Crippen molar-refractivity contribution >= 4 is 34.5 Å². The third-order valence-electron chi connectivity index (χ3n) is 3.43. The van der Waals surface area contributed by atoms with Crippen molar-refractivity contribution in [2.75, 3.05) is 10.6 Å². The number of thiophene rings is 1. The third kappa shape index (κ3) is 3.70. The van der Waals surface area contributed by atoms with Crippen LogP contribution in [0.15, 0.2) is 66.0 Å². The van der Waals surface area contributed by atoms with Gasteiger partial charge in [-0.1, -0.05) is 24.3 Å². The molecule has 2 amide bonds. The van der Waals surface area contributed by atoms with Gasteiger partial charge < -0.3 is 10.6 Å². The van der Waals surface area contributed by atoms with E-state index >= 15 is 0 Å². The number of carbonyl (C=O) groups is 2. The fraction of sp³-hybridized carbons (Fsp3) is 0.0526. The number of hydrogen-bond donors (Lipinski definition) is 2. The van der Waals surface area contributed by atoms with Crippen molar-refractivity contribution < 1.29 is 9.59 Å². The van der Waals surface area contributed by atoms with Gasteiger partial charge in [-0.3, -0.25) is 9.59 Å². The molecule has 0 saturated carbocycles. The number of benzene rings is 2. The van der Waals surface area contributed by atoms with Gasteiger partial charge in [-0.25, -0.2) is 0 Å². The van der Waals surface area contributed by atoms with Gasteiger partial charge in [-0.05, 0) is 41.8 Å². The average Bonchev–Trinajstić information content (AvgIpc) is 3.10. The van der Waals surface area contributed by atoms with Gasteiger partial charge in [0.05, 0.1) is 0 Å². The van der Waals surface area contributed by atoms with Gasteiger partial charge in [0.25, 0.3) is 5.91 Å². The summed E-state index contributed by atoms with van der Waals surface area (Å²) in [5.41, 5.74) is 2.97. The van der Waals surface area contributed by atoms with Gasteiger partial charge in [0.15, 0.2) is 0 Å². The predicted molar refractivity (Wildman–Crippen MR) is 98.5 cm³/mol. The van der Waals surface area contributed by atoms with Crippen LogP contribution < -0.4 is 10.6 Å². The van der Waals surface area contributed by atoms with E-state index in [1.807, 2.05) is 41.8 Å². The largest absolute Gasteiger partial charge is 0.326 e. The highest BCUT2D eigenvalue weighted by Gasteiger charge is 2.10. The first-order chi connectivity index (χ1) is 11.6. The maximum Gasteiger partial charge on any atom is 0.255 e. The summed E-state index contributed by atoms with van der Waals surface area (Å²) in [6, 6.07) is 18.5. The monoisotopic (exact) mass is 336 g/mol. The van der Waals surface area contributed by atoms with Crippen molar-refractivity contribution in [1.29, 1.82) is 0 Å². The molecule has 3 rings (SSSR count). The number of rotatable bonds is 4. The van der Waals surface area contributed by atoms with E-state index in [9.17, 15) is 9.59 Å². The van der Waals surface area contributed by atoms with E-state index in [4.69, 9.17) is 0 Å². The van der Waals surface area contributed by atoms with E-state index in [0.717, 1.165) is 16.1 Å². The van der Waals surface area contributed by atoms with Gasteiger partial charge in [-0.2, -0.15) is 0 Å². The Hall–Kier alpha value is -2.92. The second kappa shape index (κ2) is 7.10. The number of para-hydroxylation sites is 1. The molecule has 0 fully saturated rings. The molecule has 0 aliphatic carbocycles. The molecule has 1 aromatic heterocycles. The summed E-state index contributed by atoms with van der Waals surface area (Å²) in [5, 5.41) is 7.64. The molecular weight excluding hydrogens is 320 g/mol. The molecule has 1 heterocycles. The number of nitrogens with one attached hydrogen (secondary N) is 2. The van der Waals surface area contributed by atoms with Crippen molar-refractivity contribution in [1.82, 2.24) is 0 Å². The molecule has 24 heavy (non-hydrogen) atoms. The topological polar surface area (TPSA) is 58.2 Å². The summed E-state index contributed by atoms with van der Waals surface area (Å²) in [6.45, 7) is 1.45. The van der Waals surface area contributed by atoms with Crippen LogP contribution in [0, 0.1) is 0 Å². The quantitative estimate of drug-likeness (QED) is 0.730. The van der Waals surface area contributed by atoms with Crippen LogP contribution >= 0.6 is 11.3 Å². The van der Waals surface area contributed by atoms with E-state index in [2.05, 4.69) is 10.6 Å². The summed E-state index contributed by atoms with van der Waals surface area (Å²) in [6.07, 6.45) is 0. The van der Waals surface area contributed by atoms with Gasteiger partial charge in [-0.15, -0.1) is 11.3 Å². The Morgan fingerprint density at radius 3 is 2.29 bits per heavy atom. The van der Waals surface area contributed by atoms with E-state index in [-0.39, 0.29) is 11.8 Å². The number of hydrogen-bond acceptors (Lipinski definition) is 3. The standard InChI is InChI=1S/C19H16N2O2S/c1-13(22)20-15-10-8-14(9-11-15)19(23)21-17-6-3-2-5-16(17)18-7-4-12-24-18/h2-12H,1H3,(H,20,22)(H,21,23). The Morgan fingerprint density at radius 2 is 1.62 bits per heavy atom. The van der Waals surface area contributed by atoms with Crippen molar-refractivity contribution in [3.05, 3.63) is 71.6 Å². The van der Waals surface area contributed by atoms with Crippen LogP contribution in [-0.4, -0.2) is 11.8 Å². The highest BCUT2D eigenvalue weighted by Crippen LogP contribution is 2.31. The van der Waals surface area contributed by atoms with Gasteiger partial charge >= 0.3 is 0 Å². The molecule has 0 saturated heterocycles. The number of carbonyl (C=O) groups excluding carboxylic acids is 2. The third-order valence-corrected chi connectivity index (χ3v) is 4.33. The van der Waals surface area contributed by atoms with Gasteiger partial charge in [0.2, 0.25) is 5.91 Å². The Balaban J connectivity index is 1.79. The molecule has 0 atom stereocenters. The summed E-state index contributed by atoms with van der Waals surface area (Å²) in [7, 11) is 0. The Kier molecular flexibility index (Phi) is 4.72. The lowest BCUT2D eigenvalue weighted by molar-refractivity contribution is -0.114. The smallest absolute Gasteiger partial charge is 0.255 e. The van der Waals surface area contributed by atoms with E-state index < -0.39 is 0 Å². The SMILES string of the molecule is CC(=O)Nc1ccc(C(=O)Nc2ccccc2-c2cccs2)cc1. The zero-order valence-electron chi connectivity index (χ0n) is 13.1. The first-order valence-electron chi connectivity index (χ1n) is 7.45. The van der Waals surface area contributed by atoms with Crippen LogP contribution in [0.25, 0.3) is 10.4 Å². The summed E-state index contributed by atoms with van der Waals surface area (Å²) in [4.78, 5) is 24.6. The zero-order chi connectivity index (χ0) is 16.9. The molecular formula is C19H16N2O2S. The molecule has 2 N–H and O–H groups in total. The zero-order valence-corrected chi connectivity index (χ0v) is 13.9. The lowest BCUT2D eigenvalue weighted by Crippen LogP contribution is -2.13. The molecule has 0 unspecified atom stereocenters. The summed E-state index contributed by atoms with van der Waals surface area (Å²) in [5.74, 6) is -0.328. The maximum atomic E-state index is 12.5. The lowest BCUT2D eigenvalue weighted by atomic mass is 10.1. The minimum absolute atomic E-state index is 0.142. The molecule has 0 aliphatic rings. The second-order valence-corrected chi connectivity index (χ2v) is 6.18. The fourth-order valence-electron chi connectivity index (χ4n) is 2.34. The first kappa shape index (κ1) is 16.0. The number of anilines is 2. The van der Waals surface area contributed by atoms with Crippen molar-refractivity contribution in [2.45, 2.75) is 6.92 Å². The fourth-order valence-corrected chi connectivity index (χ4v) is 3.11. The molecule has 5 heteroatoms. The predicted octanol–water partition coefficient (Wildman–Crippen LogP) is 4.63. The average molecular weight is 336 g/mol. The van der Waals surface area contributed by atoms with Crippen LogP contribution in [0.2, 0.25) is 0 Å². The van der Waals surface area contributed by atoms with Crippen molar-refractivity contribution in [2.24, 2.45) is 0 Å². The number of amides is 2. The Labute approximate surface area is 144 Å². The van der Waals surface area contributed by atoms with Crippen LogP contribution in [0.3, 0.4) is 0 Å². The molecule has 120 valence electrons. The summed E-state index contributed by atoms with van der Waals surface area (Å²) >= 11 is 1.63. The van der Waals surface area contributed by atoms with Crippen molar-refractivity contribution in [3.8, 4) is 10.4 Å². The molecule has 4 nitrogen and oxygen atoms in total. The molecule has 0 bridgehead atoms. The van der Waals surface area contributed by atoms with Crippen LogP contribution in [0.5, 0.6) is 0 Å². The van der Waals surface area contributed by atoms with Crippen molar-refractivity contribution in [3.63, 3.8) is 0 Å². The first-order valence-corrected chi connectivity index (χ1v) is 8.33.